The second-order valence-corrected chi connectivity index (χ2v) is 4.75. The Balaban J connectivity index is 2.26. The lowest BCUT2D eigenvalue weighted by atomic mass is 9.69. The highest BCUT2D eigenvalue weighted by Gasteiger charge is 2.30. The van der Waals surface area contributed by atoms with Gasteiger partial charge in [0.25, 0.3) is 0 Å². The Morgan fingerprint density at radius 2 is 2.00 bits per heavy atom. The van der Waals surface area contributed by atoms with Gasteiger partial charge in [0.05, 0.1) is 0 Å². The van der Waals surface area contributed by atoms with Crippen molar-refractivity contribution in [2.24, 2.45) is 17.3 Å². The van der Waals surface area contributed by atoms with Crippen LogP contribution in [-0.2, 0) is 4.79 Å². The summed E-state index contributed by atoms with van der Waals surface area (Å²) in [7, 11) is 0. The van der Waals surface area contributed by atoms with Crippen LogP contribution in [0.5, 0.6) is 0 Å². The lowest BCUT2D eigenvalue weighted by molar-refractivity contribution is -0.116. The summed E-state index contributed by atoms with van der Waals surface area (Å²) in [6, 6.07) is 0. The molecule has 0 aromatic carbocycles. The van der Waals surface area contributed by atoms with E-state index in [1.807, 2.05) is 13.8 Å². The Kier molecular flexibility index (Phi) is 2.36. The van der Waals surface area contributed by atoms with E-state index in [1.54, 1.807) is 0 Å². The average Bonchev–Trinajstić information content (AvgIpc) is 1.84. The predicted molar refractivity (Wildman–Crippen MR) is 46.4 cm³/mol. The highest BCUT2D eigenvalue weighted by atomic mass is 16.1. The van der Waals surface area contributed by atoms with Crippen molar-refractivity contribution in [1.82, 2.24) is 0 Å². The van der Waals surface area contributed by atoms with Gasteiger partial charge >= 0.3 is 0 Å². The summed E-state index contributed by atoms with van der Waals surface area (Å²) >= 11 is 0. The molecule has 1 saturated carbocycles. The van der Waals surface area contributed by atoms with Gasteiger partial charge in [-0.25, -0.2) is 0 Å². The van der Waals surface area contributed by atoms with Crippen molar-refractivity contribution in [3.8, 4) is 0 Å². The van der Waals surface area contributed by atoms with Crippen LogP contribution < -0.4 is 0 Å². The minimum absolute atomic E-state index is 0.0786. The number of aldehydes is 1. The van der Waals surface area contributed by atoms with E-state index in [2.05, 4.69) is 6.92 Å². The molecular formula is C10H18O. The van der Waals surface area contributed by atoms with E-state index in [1.165, 1.54) is 12.8 Å². The molecule has 0 radical (unpaired) electrons. The Morgan fingerprint density at radius 3 is 2.36 bits per heavy atom. The maximum atomic E-state index is 10.6. The van der Waals surface area contributed by atoms with Crippen LogP contribution in [0.1, 0.15) is 40.0 Å². The van der Waals surface area contributed by atoms with Crippen LogP contribution in [0.25, 0.3) is 0 Å². The van der Waals surface area contributed by atoms with Crippen molar-refractivity contribution in [2.45, 2.75) is 40.0 Å². The molecule has 1 heteroatoms. The maximum absolute atomic E-state index is 10.6. The molecule has 0 spiro atoms. The lowest BCUT2D eigenvalue weighted by Crippen LogP contribution is -2.27. The summed E-state index contributed by atoms with van der Waals surface area (Å²) in [5.41, 5.74) is -0.0786. The zero-order valence-electron chi connectivity index (χ0n) is 7.76. The summed E-state index contributed by atoms with van der Waals surface area (Å²) in [4.78, 5) is 10.6. The normalized spacial score (nSPS) is 31.2. The van der Waals surface area contributed by atoms with Gasteiger partial charge in [0.1, 0.15) is 6.29 Å². The Labute approximate surface area is 69.2 Å². The summed E-state index contributed by atoms with van der Waals surface area (Å²) in [5, 5.41) is 0. The third kappa shape index (κ3) is 2.32. The first kappa shape index (κ1) is 8.76. The number of hydrogen-bond donors (Lipinski definition) is 0. The van der Waals surface area contributed by atoms with E-state index in [0.29, 0.717) is 0 Å². The van der Waals surface area contributed by atoms with Gasteiger partial charge in [0.15, 0.2) is 0 Å². The topological polar surface area (TPSA) is 17.1 Å². The largest absolute Gasteiger partial charge is 0.303 e. The standard InChI is InChI=1S/C10H18O/c1-8-4-9(5-8)6-10(2,3)7-11/h7-9H,4-6H2,1-3H3. The minimum Gasteiger partial charge on any atom is -0.303 e. The predicted octanol–water partition coefficient (Wildman–Crippen LogP) is 2.65. The van der Waals surface area contributed by atoms with Crippen molar-refractivity contribution in [3.05, 3.63) is 0 Å². The van der Waals surface area contributed by atoms with E-state index in [0.717, 1.165) is 24.5 Å². The molecule has 1 aliphatic rings. The zero-order chi connectivity index (χ0) is 8.48. The second-order valence-electron chi connectivity index (χ2n) is 4.75. The summed E-state index contributed by atoms with van der Waals surface area (Å²) < 4.78 is 0. The molecular weight excluding hydrogens is 136 g/mol. The molecule has 0 atom stereocenters. The number of carbonyl (C=O) groups excluding carboxylic acids is 1. The first-order chi connectivity index (χ1) is 5.03. The van der Waals surface area contributed by atoms with E-state index in [-0.39, 0.29) is 5.41 Å². The van der Waals surface area contributed by atoms with Gasteiger partial charge in [0, 0.05) is 5.41 Å². The van der Waals surface area contributed by atoms with Crippen LogP contribution in [0.4, 0.5) is 0 Å². The molecule has 0 aromatic heterocycles. The Bertz CT molecular complexity index is 143. The molecule has 1 fully saturated rings. The van der Waals surface area contributed by atoms with Crippen LogP contribution >= 0.6 is 0 Å². The molecule has 0 N–H and O–H groups in total. The zero-order valence-corrected chi connectivity index (χ0v) is 7.76. The van der Waals surface area contributed by atoms with Gasteiger partial charge in [-0.1, -0.05) is 20.8 Å². The fourth-order valence-electron chi connectivity index (χ4n) is 2.03. The number of carbonyl (C=O) groups is 1. The van der Waals surface area contributed by atoms with Crippen LogP contribution in [0.3, 0.4) is 0 Å². The monoisotopic (exact) mass is 154 g/mol. The van der Waals surface area contributed by atoms with Gasteiger partial charge in [-0.2, -0.15) is 0 Å². The highest BCUT2D eigenvalue weighted by Crippen LogP contribution is 2.40. The van der Waals surface area contributed by atoms with E-state index in [9.17, 15) is 4.79 Å². The van der Waals surface area contributed by atoms with Crippen LogP contribution in [0.2, 0.25) is 0 Å². The fraction of sp³-hybridized carbons (Fsp3) is 0.900. The number of rotatable bonds is 3. The van der Waals surface area contributed by atoms with E-state index < -0.39 is 0 Å². The molecule has 0 unspecified atom stereocenters. The number of hydrogen-bond acceptors (Lipinski definition) is 1. The quantitative estimate of drug-likeness (QED) is 0.571. The first-order valence-corrected chi connectivity index (χ1v) is 4.50. The Hall–Kier alpha value is -0.330. The summed E-state index contributed by atoms with van der Waals surface area (Å²) in [5.74, 6) is 1.73. The molecule has 1 nitrogen and oxygen atoms in total. The SMILES string of the molecule is CC1CC(CC(C)(C)C=O)C1. The molecule has 1 rings (SSSR count). The van der Waals surface area contributed by atoms with Crippen molar-refractivity contribution in [2.75, 3.05) is 0 Å². The molecule has 0 heterocycles. The van der Waals surface area contributed by atoms with Crippen LogP contribution in [0, 0.1) is 17.3 Å². The van der Waals surface area contributed by atoms with Gasteiger partial charge < -0.3 is 4.79 Å². The smallest absolute Gasteiger partial charge is 0.125 e. The van der Waals surface area contributed by atoms with E-state index in [4.69, 9.17) is 0 Å². The van der Waals surface area contributed by atoms with Crippen molar-refractivity contribution >= 4 is 6.29 Å². The molecule has 0 bridgehead atoms. The highest BCUT2D eigenvalue weighted by molar-refractivity contribution is 5.57. The molecule has 0 saturated heterocycles. The van der Waals surface area contributed by atoms with Gasteiger partial charge in [0.2, 0.25) is 0 Å². The molecule has 64 valence electrons. The van der Waals surface area contributed by atoms with Crippen molar-refractivity contribution in [1.29, 1.82) is 0 Å². The summed E-state index contributed by atoms with van der Waals surface area (Å²) in [6.07, 6.45) is 4.84. The molecule has 11 heavy (non-hydrogen) atoms. The molecule has 1 aliphatic carbocycles. The average molecular weight is 154 g/mol. The van der Waals surface area contributed by atoms with Crippen molar-refractivity contribution < 1.29 is 4.79 Å². The third-order valence-electron chi connectivity index (χ3n) is 2.61. The Morgan fingerprint density at radius 1 is 1.45 bits per heavy atom. The minimum atomic E-state index is -0.0786. The van der Waals surface area contributed by atoms with Crippen LogP contribution in [0.15, 0.2) is 0 Å². The maximum Gasteiger partial charge on any atom is 0.125 e. The molecule has 0 aliphatic heterocycles. The van der Waals surface area contributed by atoms with Gasteiger partial charge in [-0.15, -0.1) is 0 Å². The summed E-state index contributed by atoms with van der Waals surface area (Å²) in [6.45, 7) is 6.34. The van der Waals surface area contributed by atoms with Crippen molar-refractivity contribution in [3.63, 3.8) is 0 Å². The van der Waals surface area contributed by atoms with E-state index >= 15 is 0 Å². The molecule has 0 aromatic rings. The first-order valence-electron chi connectivity index (χ1n) is 4.50. The lowest BCUT2D eigenvalue weighted by Gasteiger charge is -2.36. The van der Waals surface area contributed by atoms with Gasteiger partial charge in [-0.05, 0) is 31.1 Å². The second kappa shape index (κ2) is 2.96. The third-order valence-corrected chi connectivity index (χ3v) is 2.61. The van der Waals surface area contributed by atoms with Crippen LogP contribution in [-0.4, -0.2) is 6.29 Å². The van der Waals surface area contributed by atoms with Gasteiger partial charge in [-0.3, -0.25) is 0 Å². The molecule has 0 amide bonds. The fourth-order valence-corrected chi connectivity index (χ4v) is 2.03.